The second-order valence-corrected chi connectivity index (χ2v) is 4.34. The molecule has 88 valence electrons. The molecule has 0 saturated heterocycles. The van der Waals surface area contributed by atoms with Gasteiger partial charge in [0.25, 0.3) is 0 Å². The molecular weight excluding hydrogens is 208 g/mol. The number of benzene rings is 2. The van der Waals surface area contributed by atoms with E-state index >= 15 is 0 Å². The third-order valence-corrected chi connectivity index (χ3v) is 3.01. The van der Waals surface area contributed by atoms with Gasteiger partial charge in [-0.15, -0.1) is 0 Å². The number of hydrogen-bond donors (Lipinski definition) is 1. The smallest absolute Gasteiger partial charge is 0.0434 e. The maximum Gasteiger partial charge on any atom is 0.0434 e. The molecule has 2 rings (SSSR count). The summed E-state index contributed by atoms with van der Waals surface area (Å²) in [5.41, 5.74) is 5.14. The Hall–Kier alpha value is -1.60. The van der Waals surface area contributed by atoms with Crippen LogP contribution in [0, 0.1) is 6.92 Å². The second kappa shape index (κ2) is 5.65. The lowest BCUT2D eigenvalue weighted by Gasteiger charge is -2.07. The van der Waals surface area contributed by atoms with Crippen molar-refractivity contribution in [2.75, 3.05) is 6.61 Å². The predicted molar refractivity (Wildman–Crippen MR) is 72.0 cm³/mol. The summed E-state index contributed by atoms with van der Waals surface area (Å²) in [5.74, 6) is 0. The molecular formula is C16H18O. The van der Waals surface area contributed by atoms with Crippen LogP contribution in [0.25, 0.3) is 11.1 Å². The van der Waals surface area contributed by atoms with Crippen molar-refractivity contribution in [2.24, 2.45) is 0 Å². The van der Waals surface area contributed by atoms with Crippen molar-refractivity contribution in [3.05, 3.63) is 59.7 Å². The number of aryl methyl sites for hydroxylation is 2. The topological polar surface area (TPSA) is 20.2 Å². The molecule has 17 heavy (non-hydrogen) atoms. The number of rotatable bonds is 4. The van der Waals surface area contributed by atoms with Crippen LogP contribution < -0.4 is 0 Å². The van der Waals surface area contributed by atoms with E-state index in [1.54, 1.807) is 0 Å². The summed E-state index contributed by atoms with van der Waals surface area (Å²) in [4.78, 5) is 0. The van der Waals surface area contributed by atoms with Crippen LogP contribution in [0.2, 0.25) is 0 Å². The maximum absolute atomic E-state index is 8.86. The highest BCUT2D eigenvalue weighted by Crippen LogP contribution is 2.24. The summed E-state index contributed by atoms with van der Waals surface area (Å²) < 4.78 is 0. The Morgan fingerprint density at radius 3 is 2.59 bits per heavy atom. The van der Waals surface area contributed by atoms with E-state index in [1.807, 2.05) is 0 Å². The van der Waals surface area contributed by atoms with E-state index in [4.69, 9.17) is 5.11 Å². The summed E-state index contributed by atoms with van der Waals surface area (Å²) in [6.07, 6.45) is 1.77. The lowest BCUT2D eigenvalue weighted by Crippen LogP contribution is -1.90. The molecule has 1 N–H and O–H groups in total. The third-order valence-electron chi connectivity index (χ3n) is 3.01. The summed E-state index contributed by atoms with van der Waals surface area (Å²) >= 11 is 0. The minimum Gasteiger partial charge on any atom is -0.396 e. The van der Waals surface area contributed by atoms with Crippen LogP contribution in [0.5, 0.6) is 0 Å². The van der Waals surface area contributed by atoms with Crippen molar-refractivity contribution < 1.29 is 5.11 Å². The molecule has 2 aromatic carbocycles. The van der Waals surface area contributed by atoms with Gasteiger partial charge in [-0.1, -0.05) is 48.5 Å². The zero-order valence-corrected chi connectivity index (χ0v) is 10.2. The van der Waals surface area contributed by atoms with Gasteiger partial charge in [0.05, 0.1) is 0 Å². The van der Waals surface area contributed by atoms with E-state index < -0.39 is 0 Å². The Morgan fingerprint density at radius 2 is 1.82 bits per heavy atom. The highest BCUT2D eigenvalue weighted by Gasteiger charge is 2.01. The van der Waals surface area contributed by atoms with E-state index in [9.17, 15) is 0 Å². The van der Waals surface area contributed by atoms with E-state index in [1.165, 1.54) is 22.3 Å². The average Bonchev–Trinajstić information content (AvgIpc) is 2.37. The molecule has 0 aliphatic heterocycles. The van der Waals surface area contributed by atoms with Crippen molar-refractivity contribution in [3.8, 4) is 11.1 Å². The lowest BCUT2D eigenvalue weighted by molar-refractivity contribution is 0.288. The molecule has 0 aliphatic carbocycles. The second-order valence-electron chi connectivity index (χ2n) is 4.34. The van der Waals surface area contributed by atoms with E-state index in [0.29, 0.717) is 0 Å². The predicted octanol–water partition coefficient (Wildman–Crippen LogP) is 3.59. The Labute approximate surface area is 103 Å². The third kappa shape index (κ3) is 2.95. The van der Waals surface area contributed by atoms with Crippen LogP contribution in [0.3, 0.4) is 0 Å². The molecule has 1 heteroatoms. The summed E-state index contributed by atoms with van der Waals surface area (Å²) in [6, 6.07) is 17.0. The van der Waals surface area contributed by atoms with Crippen LogP contribution in [-0.2, 0) is 6.42 Å². The molecule has 1 nitrogen and oxygen atoms in total. The highest BCUT2D eigenvalue weighted by atomic mass is 16.2. The average molecular weight is 226 g/mol. The van der Waals surface area contributed by atoms with Crippen LogP contribution in [-0.4, -0.2) is 11.7 Å². The summed E-state index contributed by atoms with van der Waals surface area (Å²) in [6.45, 7) is 2.39. The van der Waals surface area contributed by atoms with Crippen LogP contribution in [0.15, 0.2) is 48.5 Å². The molecule has 0 unspecified atom stereocenters. The minimum absolute atomic E-state index is 0.259. The van der Waals surface area contributed by atoms with E-state index in [-0.39, 0.29) is 6.61 Å². The minimum atomic E-state index is 0.259. The number of aliphatic hydroxyl groups is 1. The van der Waals surface area contributed by atoms with Gasteiger partial charge in [0.2, 0.25) is 0 Å². The molecule has 0 radical (unpaired) electrons. The molecule has 0 aliphatic rings. The molecule has 0 spiro atoms. The maximum atomic E-state index is 8.86. The van der Waals surface area contributed by atoms with Crippen molar-refractivity contribution >= 4 is 0 Å². The fourth-order valence-corrected chi connectivity index (χ4v) is 2.07. The van der Waals surface area contributed by atoms with E-state index in [0.717, 1.165) is 12.8 Å². The normalized spacial score (nSPS) is 10.5. The number of hydrogen-bond acceptors (Lipinski definition) is 1. The van der Waals surface area contributed by atoms with Gasteiger partial charge in [-0.25, -0.2) is 0 Å². The van der Waals surface area contributed by atoms with Crippen LogP contribution >= 0.6 is 0 Å². The van der Waals surface area contributed by atoms with Crippen LogP contribution in [0.1, 0.15) is 17.5 Å². The molecule has 0 saturated carbocycles. The Bertz CT molecular complexity index is 488. The number of aliphatic hydroxyl groups excluding tert-OH is 1. The zero-order valence-electron chi connectivity index (χ0n) is 10.2. The monoisotopic (exact) mass is 226 g/mol. The van der Waals surface area contributed by atoms with Gasteiger partial charge >= 0.3 is 0 Å². The van der Waals surface area contributed by atoms with Gasteiger partial charge in [-0.2, -0.15) is 0 Å². The van der Waals surface area contributed by atoms with Gasteiger partial charge in [-0.3, -0.25) is 0 Å². The first-order valence-corrected chi connectivity index (χ1v) is 6.07. The van der Waals surface area contributed by atoms with Crippen molar-refractivity contribution in [1.29, 1.82) is 0 Å². The van der Waals surface area contributed by atoms with Crippen molar-refractivity contribution in [3.63, 3.8) is 0 Å². The quantitative estimate of drug-likeness (QED) is 0.844. The highest BCUT2D eigenvalue weighted by molar-refractivity contribution is 5.67. The van der Waals surface area contributed by atoms with Gasteiger partial charge in [0.15, 0.2) is 0 Å². The molecule has 0 bridgehead atoms. The summed E-state index contributed by atoms with van der Waals surface area (Å²) in [5, 5.41) is 8.86. The first-order valence-electron chi connectivity index (χ1n) is 6.07. The molecule has 0 heterocycles. The van der Waals surface area contributed by atoms with E-state index in [2.05, 4.69) is 55.5 Å². The Kier molecular flexibility index (Phi) is 3.94. The fraction of sp³-hybridized carbons (Fsp3) is 0.250. The fourth-order valence-electron chi connectivity index (χ4n) is 2.07. The SMILES string of the molecule is Cc1ccccc1-c1cccc(CCCO)c1. The van der Waals surface area contributed by atoms with Crippen LogP contribution in [0.4, 0.5) is 0 Å². The summed E-state index contributed by atoms with van der Waals surface area (Å²) in [7, 11) is 0. The molecule has 0 aromatic heterocycles. The first-order chi connectivity index (χ1) is 8.31. The van der Waals surface area contributed by atoms with Gasteiger partial charge in [0.1, 0.15) is 0 Å². The van der Waals surface area contributed by atoms with Crippen molar-refractivity contribution in [1.82, 2.24) is 0 Å². The largest absolute Gasteiger partial charge is 0.396 e. The Morgan fingerprint density at radius 1 is 1.00 bits per heavy atom. The van der Waals surface area contributed by atoms with Gasteiger partial charge in [0, 0.05) is 6.61 Å². The molecule has 0 atom stereocenters. The molecule has 2 aromatic rings. The molecule has 0 fully saturated rings. The lowest BCUT2D eigenvalue weighted by atomic mass is 9.98. The Balaban J connectivity index is 2.30. The van der Waals surface area contributed by atoms with Gasteiger partial charge in [-0.05, 0) is 42.0 Å². The zero-order chi connectivity index (χ0) is 12.1. The molecule has 0 amide bonds. The van der Waals surface area contributed by atoms with Gasteiger partial charge < -0.3 is 5.11 Å². The standard InChI is InChI=1S/C16H18O/c1-13-6-2-3-10-16(13)15-9-4-7-14(12-15)8-5-11-17/h2-4,6-7,9-10,12,17H,5,8,11H2,1H3. The first kappa shape index (κ1) is 11.9. The van der Waals surface area contributed by atoms with Crippen molar-refractivity contribution in [2.45, 2.75) is 19.8 Å².